The number of aromatic nitrogens is 1. The highest BCUT2D eigenvalue weighted by Crippen LogP contribution is 2.21. The molecule has 1 heterocycles. The van der Waals surface area contributed by atoms with Gasteiger partial charge in [-0.3, -0.25) is 14.4 Å². The van der Waals surface area contributed by atoms with Gasteiger partial charge in [-0.1, -0.05) is 30.3 Å². The van der Waals surface area contributed by atoms with Crippen molar-refractivity contribution in [1.82, 2.24) is 15.2 Å². The van der Waals surface area contributed by atoms with Crippen LogP contribution >= 0.6 is 0 Å². The van der Waals surface area contributed by atoms with Crippen molar-refractivity contribution >= 4 is 11.8 Å². The normalized spacial score (nSPS) is 14.4. The average molecular weight is 369 g/mol. The molecule has 2 aromatic rings. The Bertz CT molecular complexity index is 888. The molecule has 27 heavy (non-hydrogen) atoms. The van der Waals surface area contributed by atoms with Gasteiger partial charge in [-0.15, -0.1) is 0 Å². The zero-order chi connectivity index (χ0) is 19.4. The van der Waals surface area contributed by atoms with Gasteiger partial charge < -0.3 is 19.9 Å². The van der Waals surface area contributed by atoms with Crippen LogP contribution in [-0.2, 0) is 4.74 Å². The Morgan fingerprint density at radius 1 is 1.22 bits per heavy atom. The molecule has 1 aliphatic rings. The molecule has 1 saturated carbocycles. The van der Waals surface area contributed by atoms with Crippen LogP contribution in [-0.4, -0.2) is 43.2 Å². The highest BCUT2D eigenvalue weighted by Gasteiger charge is 2.26. The lowest BCUT2D eigenvalue weighted by atomic mass is 10.1. The number of rotatable bonds is 7. The molecule has 3 rings (SSSR count). The van der Waals surface area contributed by atoms with Gasteiger partial charge in [0.15, 0.2) is 0 Å². The zero-order valence-electron chi connectivity index (χ0n) is 15.4. The molecule has 1 aromatic carbocycles. The number of hydrogen-bond acceptors (Lipinski definition) is 4. The maximum atomic E-state index is 13.0. The first-order chi connectivity index (χ1) is 13.0. The van der Waals surface area contributed by atoms with E-state index in [0.717, 1.165) is 18.4 Å². The minimum absolute atomic E-state index is 0.0713. The van der Waals surface area contributed by atoms with Crippen LogP contribution in [0.1, 0.15) is 45.2 Å². The van der Waals surface area contributed by atoms with Crippen LogP contribution in [0.4, 0.5) is 0 Å². The average Bonchev–Trinajstić information content (AvgIpc) is 3.50. The van der Waals surface area contributed by atoms with E-state index in [2.05, 4.69) is 10.6 Å². The Morgan fingerprint density at radius 2 is 1.93 bits per heavy atom. The number of carbonyl (C=O) groups excluding carboxylic acids is 2. The van der Waals surface area contributed by atoms with Gasteiger partial charge in [0.05, 0.1) is 18.2 Å². The maximum absolute atomic E-state index is 13.0. The SMILES string of the molecule is CNC(=O)c1cc(C(=O)NC2CC2)cn([C@H](COC)c2ccccc2)c1=O. The summed E-state index contributed by atoms with van der Waals surface area (Å²) in [6.07, 6.45) is 3.40. The molecule has 0 unspecified atom stereocenters. The van der Waals surface area contributed by atoms with Crippen LogP contribution in [0, 0.1) is 0 Å². The second kappa shape index (κ2) is 8.18. The van der Waals surface area contributed by atoms with Gasteiger partial charge in [-0.05, 0) is 24.5 Å². The summed E-state index contributed by atoms with van der Waals surface area (Å²) in [6.45, 7) is 0.227. The third-order valence-corrected chi connectivity index (χ3v) is 4.53. The first-order valence-electron chi connectivity index (χ1n) is 8.88. The number of hydrogen-bond donors (Lipinski definition) is 2. The summed E-state index contributed by atoms with van der Waals surface area (Å²) in [7, 11) is 3.00. The largest absolute Gasteiger partial charge is 0.382 e. The molecular formula is C20H23N3O4. The van der Waals surface area contributed by atoms with Crippen LogP contribution < -0.4 is 16.2 Å². The predicted molar refractivity (Wildman–Crippen MR) is 101 cm³/mol. The van der Waals surface area contributed by atoms with E-state index in [0.29, 0.717) is 0 Å². The molecule has 2 amide bonds. The second-order valence-electron chi connectivity index (χ2n) is 6.56. The lowest BCUT2D eigenvalue weighted by Crippen LogP contribution is -2.37. The Morgan fingerprint density at radius 3 is 2.52 bits per heavy atom. The van der Waals surface area contributed by atoms with Crippen molar-refractivity contribution in [2.45, 2.75) is 24.9 Å². The summed E-state index contributed by atoms with van der Waals surface area (Å²) >= 11 is 0. The van der Waals surface area contributed by atoms with Crippen LogP contribution in [0.2, 0.25) is 0 Å². The van der Waals surface area contributed by atoms with Gasteiger partial charge in [0.2, 0.25) is 0 Å². The topological polar surface area (TPSA) is 89.4 Å². The lowest BCUT2D eigenvalue weighted by Gasteiger charge is -2.21. The first kappa shape index (κ1) is 18.8. The van der Waals surface area contributed by atoms with E-state index < -0.39 is 17.5 Å². The predicted octanol–water partition coefficient (Wildman–Crippen LogP) is 1.34. The maximum Gasteiger partial charge on any atom is 0.264 e. The number of methoxy groups -OCH3 is 1. The molecule has 0 bridgehead atoms. The van der Waals surface area contributed by atoms with Crippen molar-refractivity contribution in [2.75, 3.05) is 20.8 Å². The van der Waals surface area contributed by atoms with Crippen LogP contribution in [0.5, 0.6) is 0 Å². The quantitative estimate of drug-likeness (QED) is 0.771. The van der Waals surface area contributed by atoms with Gasteiger partial charge in [0.1, 0.15) is 5.56 Å². The molecule has 0 spiro atoms. The van der Waals surface area contributed by atoms with Crippen molar-refractivity contribution in [3.63, 3.8) is 0 Å². The molecular weight excluding hydrogens is 346 g/mol. The van der Waals surface area contributed by atoms with E-state index in [1.54, 1.807) is 7.11 Å². The summed E-state index contributed by atoms with van der Waals surface area (Å²) < 4.78 is 6.72. The fourth-order valence-electron chi connectivity index (χ4n) is 2.92. The molecule has 2 N–H and O–H groups in total. The fourth-order valence-corrected chi connectivity index (χ4v) is 2.92. The number of amides is 2. The third kappa shape index (κ3) is 4.25. The number of carbonyl (C=O) groups is 2. The van der Waals surface area contributed by atoms with E-state index in [1.165, 1.54) is 23.9 Å². The molecule has 1 aliphatic carbocycles. The summed E-state index contributed by atoms with van der Waals surface area (Å²) in [5.74, 6) is -0.820. The summed E-state index contributed by atoms with van der Waals surface area (Å²) in [6, 6.07) is 10.4. The van der Waals surface area contributed by atoms with Crippen molar-refractivity contribution in [1.29, 1.82) is 0 Å². The molecule has 7 nitrogen and oxygen atoms in total. The Kier molecular flexibility index (Phi) is 5.71. The highest BCUT2D eigenvalue weighted by molar-refractivity contribution is 5.99. The molecule has 1 atom stereocenters. The minimum Gasteiger partial charge on any atom is -0.382 e. The monoisotopic (exact) mass is 369 g/mol. The van der Waals surface area contributed by atoms with Crippen molar-refractivity contribution in [3.8, 4) is 0 Å². The number of nitrogens with one attached hydrogen (secondary N) is 2. The smallest absolute Gasteiger partial charge is 0.264 e. The third-order valence-electron chi connectivity index (χ3n) is 4.53. The number of benzene rings is 1. The zero-order valence-corrected chi connectivity index (χ0v) is 15.4. The van der Waals surface area contributed by atoms with Gasteiger partial charge in [0, 0.05) is 26.4 Å². The van der Waals surface area contributed by atoms with Crippen molar-refractivity contribution in [3.05, 3.63) is 69.6 Å². The molecule has 0 aliphatic heterocycles. The molecule has 1 aromatic heterocycles. The van der Waals surface area contributed by atoms with E-state index in [9.17, 15) is 14.4 Å². The standard InChI is InChI=1S/C20H23N3O4/c1-21-19(25)16-10-14(18(24)22-15-8-9-15)11-23(20(16)26)17(12-27-2)13-6-4-3-5-7-13/h3-7,10-11,15,17H,8-9,12H2,1-2H3,(H,21,25)(H,22,24)/t17-/m1/s1. The Labute approximate surface area is 157 Å². The van der Waals surface area contributed by atoms with E-state index in [-0.39, 0.29) is 29.7 Å². The first-order valence-corrected chi connectivity index (χ1v) is 8.88. The Balaban J connectivity index is 2.11. The van der Waals surface area contributed by atoms with Gasteiger partial charge >= 0.3 is 0 Å². The summed E-state index contributed by atoms with van der Waals surface area (Å²) in [5.41, 5.74) is 0.586. The molecule has 142 valence electrons. The van der Waals surface area contributed by atoms with Crippen molar-refractivity contribution < 1.29 is 14.3 Å². The summed E-state index contributed by atoms with van der Waals surface area (Å²) in [5, 5.41) is 5.36. The van der Waals surface area contributed by atoms with E-state index >= 15 is 0 Å². The molecule has 0 saturated heterocycles. The van der Waals surface area contributed by atoms with E-state index in [1.807, 2.05) is 30.3 Å². The van der Waals surface area contributed by atoms with Gasteiger partial charge in [0.25, 0.3) is 17.4 Å². The van der Waals surface area contributed by atoms with Crippen molar-refractivity contribution in [2.24, 2.45) is 0 Å². The van der Waals surface area contributed by atoms with Crippen LogP contribution in [0.25, 0.3) is 0 Å². The van der Waals surface area contributed by atoms with Gasteiger partial charge in [-0.2, -0.15) is 0 Å². The van der Waals surface area contributed by atoms with Gasteiger partial charge in [-0.25, -0.2) is 0 Å². The Hall–Kier alpha value is -2.93. The van der Waals surface area contributed by atoms with Crippen LogP contribution in [0.15, 0.2) is 47.4 Å². The molecule has 1 fully saturated rings. The number of nitrogens with zero attached hydrogens (tertiary/aromatic N) is 1. The molecule has 0 radical (unpaired) electrons. The van der Waals surface area contributed by atoms with Crippen LogP contribution in [0.3, 0.4) is 0 Å². The number of ether oxygens (including phenoxy) is 1. The summed E-state index contributed by atoms with van der Waals surface area (Å²) in [4.78, 5) is 37.8. The highest BCUT2D eigenvalue weighted by atomic mass is 16.5. The van der Waals surface area contributed by atoms with E-state index in [4.69, 9.17) is 4.74 Å². The molecule has 7 heteroatoms. The second-order valence-corrected chi connectivity index (χ2v) is 6.56. The minimum atomic E-state index is -0.529. The number of pyridine rings is 1. The lowest BCUT2D eigenvalue weighted by molar-refractivity contribution is 0.0949. The fraction of sp³-hybridized carbons (Fsp3) is 0.350.